The summed E-state index contributed by atoms with van der Waals surface area (Å²) in [6, 6.07) is 3.74. The van der Waals surface area contributed by atoms with E-state index in [1.165, 1.54) is 12.1 Å². The molecule has 0 spiro atoms. The van der Waals surface area contributed by atoms with Gasteiger partial charge in [0.2, 0.25) is 5.95 Å². The Labute approximate surface area is 143 Å². The summed E-state index contributed by atoms with van der Waals surface area (Å²) >= 11 is 0. The molecule has 1 saturated heterocycles. The molecule has 0 saturated carbocycles. The molecule has 2 aromatic rings. The van der Waals surface area contributed by atoms with Crippen LogP contribution in [0, 0.1) is 20.2 Å². The molecule has 2 heterocycles. The van der Waals surface area contributed by atoms with Crippen molar-refractivity contribution in [3.8, 4) is 0 Å². The van der Waals surface area contributed by atoms with Gasteiger partial charge in [0.25, 0.3) is 11.4 Å². The largest absolute Gasteiger partial charge is 0.377 e. The first-order valence-electron chi connectivity index (χ1n) is 7.87. The van der Waals surface area contributed by atoms with Crippen molar-refractivity contribution in [2.24, 2.45) is 7.05 Å². The fourth-order valence-corrected chi connectivity index (χ4v) is 3.01. The maximum atomic E-state index is 11.2. The van der Waals surface area contributed by atoms with E-state index < -0.39 is 9.85 Å². The van der Waals surface area contributed by atoms with Crippen LogP contribution in [0.1, 0.15) is 12.8 Å². The molecule has 132 valence electrons. The maximum Gasteiger partial charge on any atom is 0.299 e. The topological polar surface area (TPSA) is 119 Å². The lowest BCUT2D eigenvalue weighted by Gasteiger charge is -2.33. The number of nitrogens with zero attached hydrogens (tertiary/aromatic N) is 5. The highest BCUT2D eigenvalue weighted by molar-refractivity contribution is 5.65. The minimum Gasteiger partial charge on any atom is -0.377 e. The zero-order valence-electron chi connectivity index (χ0n) is 13.7. The van der Waals surface area contributed by atoms with Crippen LogP contribution in [0.5, 0.6) is 0 Å². The summed E-state index contributed by atoms with van der Waals surface area (Å²) in [5.74, 6) is 0.903. The van der Waals surface area contributed by atoms with E-state index in [-0.39, 0.29) is 17.4 Å². The van der Waals surface area contributed by atoms with E-state index in [4.69, 9.17) is 0 Å². The lowest BCUT2D eigenvalue weighted by atomic mass is 10.0. The van der Waals surface area contributed by atoms with Crippen molar-refractivity contribution in [3.05, 3.63) is 50.8 Å². The van der Waals surface area contributed by atoms with Gasteiger partial charge in [-0.2, -0.15) is 0 Å². The molecule has 1 fully saturated rings. The van der Waals surface area contributed by atoms with E-state index in [1.54, 1.807) is 6.20 Å². The first kappa shape index (κ1) is 16.7. The molecule has 0 atom stereocenters. The number of nitro groups is 2. The number of benzene rings is 1. The number of nitrogens with one attached hydrogen (secondary N) is 1. The number of rotatable bonds is 5. The quantitative estimate of drug-likeness (QED) is 0.651. The Morgan fingerprint density at radius 3 is 2.48 bits per heavy atom. The second-order valence-corrected chi connectivity index (χ2v) is 5.96. The van der Waals surface area contributed by atoms with Gasteiger partial charge in [-0.15, -0.1) is 0 Å². The summed E-state index contributed by atoms with van der Waals surface area (Å²) in [5.41, 5.74) is -0.256. The number of imidazole rings is 1. The van der Waals surface area contributed by atoms with Gasteiger partial charge in [-0.05, 0) is 18.9 Å². The number of anilines is 2. The molecular formula is C15H18N6O4. The first-order chi connectivity index (χ1) is 12.0. The number of aryl methyl sites for hydroxylation is 1. The molecule has 25 heavy (non-hydrogen) atoms. The molecule has 1 aromatic heterocycles. The highest BCUT2D eigenvalue weighted by Gasteiger charge is 2.25. The Kier molecular flexibility index (Phi) is 4.50. The van der Waals surface area contributed by atoms with Crippen molar-refractivity contribution in [3.63, 3.8) is 0 Å². The second-order valence-electron chi connectivity index (χ2n) is 5.96. The first-order valence-corrected chi connectivity index (χ1v) is 7.87. The lowest BCUT2D eigenvalue weighted by molar-refractivity contribution is -0.393. The average Bonchev–Trinajstić information content (AvgIpc) is 3.01. The summed E-state index contributed by atoms with van der Waals surface area (Å²) < 4.78 is 1.95. The van der Waals surface area contributed by atoms with Crippen LogP contribution in [0.15, 0.2) is 30.6 Å². The van der Waals surface area contributed by atoms with Gasteiger partial charge in [0, 0.05) is 44.6 Å². The molecule has 1 N–H and O–H groups in total. The Morgan fingerprint density at radius 1 is 1.20 bits per heavy atom. The van der Waals surface area contributed by atoms with E-state index in [2.05, 4.69) is 15.2 Å². The van der Waals surface area contributed by atoms with Crippen molar-refractivity contribution in [2.45, 2.75) is 18.9 Å². The van der Waals surface area contributed by atoms with Gasteiger partial charge in [-0.1, -0.05) is 0 Å². The predicted octanol–water partition coefficient (Wildman–Crippen LogP) is 2.32. The number of non-ortho nitro benzene ring substituents is 1. The third kappa shape index (κ3) is 3.52. The molecule has 3 rings (SSSR count). The smallest absolute Gasteiger partial charge is 0.299 e. The summed E-state index contributed by atoms with van der Waals surface area (Å²) in [6.45, 7) is 1.56. The van der Waals surface area contributed by atoms with E-state index in [0.29, 0.717) is 5.69 Å². The zero-order chi connectivity index (χ0) is 18.0. The number of aromatic nitrogens is 2. The van der Waals surface area contributed by atoms with Crippen LogP contribution < -0.4 is 10.2 Å². The van der Waals surface area contributed by atoms with E-state index in [0.717, 1.165) is 37.9 Å². The fraction of sp³-hybridized carbons (Fsp3) is 0.400. The number of piperidine rings is 1. The Morgan fingerprint density at radius 2 is 1.92 bits per heavy atom. The van der Waals surface area contributed by atoms with Crippen molar-refractivity contribution >= 4 is 23.0 Å². The Bertz CT molecular complexity index is 797. The predicted molar refractivity (Wildman–Crippen MR) is 91.8 cm³/mol. The normalized spacial score (nSPS) is 15.2. The molecule has 0 radical (unpaired) electrons. The molecule has 0 amide bonds. The Balaban J connectivity index is 1.69. The zero-order valence-corrected chi connectivity index (χ0v) is 13.7. The SMILES string of the molecule is Cn1ccnc1N1CCC(Nc2ccc([N+](=O)[O-])cc2[N+](=O)[O-])CC1. The molecule has 10 heteroatoms. The van der Waals surface area contributed by atoms with Crippen molar-refractivity contribution in [1.82, 2.24) is 9.55 Å². The van der Waals surface area contributed by atoms with Crippen LogP contribution in [0.25, 0.3) is 0 Å². The van der Waals surface area contributed by atoms with Gasteiger partial charge in [0.1, 0.15) is 5.69 Å². The number of hydrogen-bond donors (Lipinski definition) is 1. The van der Waals surface area contributed by atoms with Crippen molar-refractivity contribution in [2.75, 3.05) is 23.3 Å². The van der Waals surface area contributed by atoms with Gasteiger partial charge in [0.15, 0.2) is 0 Å². The maximum absolute atomic E-state index is 11.2. The van der Waals surface area contributed by atoms with Crippen LogP contribution >= 0.6 is 0 Å². The molecule has 0 unspecified atom stereocenters. The fourth-order valence-electron chi connectivity index (χ4n) is 3.01. The Hall–Kier alpha value is -3.17. The summed E-state index contributed by atoms with van der Waals surface area (Å²) in [4.78, 5) is 27.3. The van der Waals surface area contributed by atoms with Gasteiger partial charge < -0.3 is 14.8 Å². The summed E-state index contributed by atoms with van der Waals surface area (Å²) in [7, 11) is 1.94. The molecule has 0 aliphatic carbocycles. The summed E-state index contributed by atoms with van der Waals surface area (Å²) in [5, 5.41) is 25.2. The molecular weight excluding hydrogens is 328 g/mol. The van der Waals surface area contributed by atoms with E-state index in [9.17, 15) is 20.2 Å². The van der Waals surface area contributed by atoms with Gasteiger partial charge in [-0.3, -0.25) is 20.2 Å². The highest BCUT2D eigenvalue weighted by Crippen LogP contribution is 2.31. The van der Waals surface area contributed by atoms with Gasteiger partial charge in [0.05, 0.1) is 15.9 Å². The molecule has 0 bridgehead atoms. The van der Waals surface area contributed by atoms with Crippen molar-refractivity contribution in [1.29, 1.82) is 0 Å². The number of nitro benzene ring substituents is 2. The monoisotopic (exact) mass is 346 g/mol. The van der Waals surface area contributed by atoms with Crippen LogP contribution in [-0.2, 0) is 7.05 Å². The average molecular weight is 346 g/mol. The molecule has 1 aromatic carbocycles. The van der Waals surface area contributed by atoms with E-state index in [1.807, 2.05) is 17.8 Å². The van der Waals surface area contributed by atoms with E-state index >= 15 is 0 Å². The summed E-state index contributed by atoms with van der Waals surface area (Å²) in [6.07, 6.45) is 5.22. The highest BCUT2D eigenvalue weighted by atomic mass is 16.6. The standard InChI is InChI=1S/C15H18N6O4/c1-18-9-6-16-15(18)19-7-4-11(5-8-19)17-13-3-2-12(20(22)23)10-14(13)21(24)25/h2-3,6,9-11,17H,4-5,7-8H2,1H3. The van der Waals surface area contributed by atoms with Crippen LogP contribution in [-0.4, -0.2) is 38.5 Å². The minimum absolute atomic E-state index is 0.0664. The van der Waals surface area contributed by atoms with Crippen LogP contribution in [0.4, 0.5) is 23.0 Å². The van der Waals surface area contributed by atoms with Crippen LogP contribution in [0.2, 0.25) is 0 Å². The molecule has 1 aliphatic heterocycles. The van der Waals surface area contributed by atoms with Crippen molar-refractivity contribution < 1.29 is 9.85 Å². The third-order valence-corrected chi connectivity index (χ3v) is 4.32. The minimum atomic E-state index is -0.637. The van der Waals surface area contributed by atoms with Crippen LogP contribution in [0.3, 0.4) is 0 Å². The lowest BCUT2D eigenvalue weighted by Crippen LogP contribution is -2.40. The second kappa shape index (κ2) is 6.75. The van der Waals surface area contributed by atoms with Gasteiger partial charge >= 0.3 is 0 Å². The molecule has 10 nitrogen and oxygen atoms in total. The van der Waals surface area contributed by atoms with Gasteiger partial charge in [-0.25, -0.2) is 4.98 Å². The third-order valence-electron chi connectivity index (χ3n) is 4.32. The molecule has 1 aliphatic rings. The number of hydrogen-bond acceptors (Lipinski definition) is 7.